The van der Waals surface area contributed by atoms with Crippen LogP contribution in [0.1, 0.15) is 51.9 Å². The van der Waals surface area contributed by atoms with Gasteiger partial charge in [0.25, 0.3) is 0 Å². The van der Waals surface area contributed by atoms with Crippen molar-refractivity contribution >= 4 is 5.91 Å². The second-order valence-corrected chi connectivity index (χ2v) is 5.61. The first kappa shape index (κ1) is 8.75. The summed E-state index contributed by atoms with van der Waals surface area (Å²) in [5, 5.41) is 3.12. The second-order valence-electron chi connectivity index (χ2n) is 5.61. The van der Waals surface area contributed by atoms with Crippen molar-refractivity contribution < 1.29 is 4.79 Å². The molecule has 78 valence electrons. The fraction of sp³-hybridized carbons (Fsp3) is 0.917. The Hall–Kier alpha value is -0.530. The van der Waals surface area contributed by atoms with Crippen LogP contribution in [0.3, 0.4) is 0 Å². The normalized spacial score (nSPS) is 44.4. The van der Waals surface area contributed by atoms with Crippen LogP contribution in [-0.4, -0.2) is 11.9 Å². The summed E-state index contributed by atoms with van der Waals surface area (Å²) >= 11 is 0. The van der Waals surface area contributed by atoms with E-state index in [1.54, 1.807) is 0 Å². The molecule has 1 saturated heterocycles. The van der Waals surface area contributed by atoms with Gasteiger partial charge >= 0.3 is 0 Å². The molecule has 2 unspecified atom stereocenters. The van der Waals surface area contributed by atoms with E-state index in [0.29, 0.717) is 22.8 Å². The molecule has 14 heavy (non-hydrogen) atoms. The van der Waals surface area contributed by atoms with Crippen molar-refractivity contribution in [2.75, 3.05) is 0 Å². The molecule has 3 aliphatic rings. The molecule has 0 bridgehead atoms. The number of fused-ring (bicyclic) bond motifs is 1. The molecule has 1 heterocycles. The third-order valence-corrected chi connectivity index (χ3v) is 5.35. The molecule has 2 atom stereocenters. The predicted molar refractivity (Wildman–Crippen MR) is 54.8 cm³/mol. The zero-order valence-corrected chi connectivity index (χ0v) is 8.94. The maximum absolute atomic E-state index is 11.5. The van der Waals surface area contributed by atoms with E-state index in [0.717, 1.165) is 6.42 Å². The maximum atomic E-state index is 11.5. The molecule has 0 aromatic rings. The van der Waals surface area contributed by atoms with E-state index in [-0.39, 0.29) is 0 Å². The summed E-state index contributed by atoms with van der Waals surface area (Å²) in [6, 6.07) is 0.432. The Bertz CT molecular complexity index is 280. The van der Waals surface area contributed by atoms with Crippen LogP contribution in [0.25, 0.3) is 0 Å². The quantitative estimate of drug-likeness (QED) is 0.628. The lowest BCUT2D eigenvalue weighted by Gasteiger charge is -2.58. The van der Waals surface area contributed by atoms with Gasteiger partial charge < -0.3 is 5.32 Å². The van der Waals surface area contributed by atoms with Crippen molar-refractivity contribution in [2.24, 2.45) is 10.8 Å². The lowest BCUT2D eigenvalue weighted by Crippen LogP contribution is -2.55. The summed E-state index contributed by atoms with van der Waals surface area (Å²) in [6.45, 7) is 2.21. The van der Waals surface area contributed by atoms with Gasteiger partial charge in [-0.05, 0) is 38.0 Å². The molecule has 1 amide bonds. The van der Waals surface area contributed by atoms with E-state index in [1.165, 1.54) is 38.5 Å². The predicted octanol–water partition coefficient (Wildman–Crippen LogP) is 2.24. The summed E-state index contributed by atoms with van der Waals surface area (Å²) in [7, 11) is 0. The molecule has 3 fully saturated rings. The van der Waals surface area contributed by atoms with Crippen molar-refractivity contribution in [1.82, 2.24) is 5.32 Å². The highest BCUT2D eigenvalue weighted by molar-refractivity contribution is 5.80. The Labute approximate surface area is 85.4 Å². The molecule has 0 aromatic carbocycles. The third-order valence-electron chi connectivity index (χ3n) is 5.35. The van der Waals surface area contributed by atoms with Crippen molar-refractivity contribution in [2.45, 2.75) is 57.9 Å². The van der Waals surface area contributed by atoms with E-state index >= 15 is 0 Å². The fourth-order valence-electron chi connectivity index (χ4n) is 4.42. The van der Waals surface area contributed by atoms with Crippen molar-refractivity contribution in [3.63, 3.8) is 0 Å². The molecule has 2 aliphatic carbocycles. The van der Waals surface area contributed by atoms with Gasteiger partial charge in [-0.15, -0.1) is 0 Å². The highest BCUT2D eigenvalue weighted by atomic mass is 16.2. The van der Waals surface area contributed by atoms with Crippen LogP contribution >= 0.6 is 0 Å². The van der Waals surface area contributed by atoms with E-state index in [9.17, 15) is 4.79 Å². The molecule has 3 rings (SSSR count). The van der Waals surface area contributed by atoms with Crippen LogP contribution in [0.2, 0.25) is 0 Å². The zero-order chi connectivity index (χ0) is 9.81. The Balaban J connectivity index is 1.93. The third kappa shape index (κ3) is 0.807. The molecule has 2 spiro atoms. The van der Waals surface area contributed by atoms with Gasteiger partial charge in [0.2, 0.25) is 5.91 Å². The van der Waals surface area contributed by atoms with Gasteiger partial charge in [0.05, 0.1) is 0 Å². The van der Waals surface area contributed by atoms with Crippen LogP contribution < -0.4 is 5.32 Å². The molecule has 2 saturated carbocycles. The minimum Gasteiger partial charge on any atom is -0.353 e. The van der Waals surface area contributed by atoms with E-state index in [4.69, 9.17) is 0 Å². The highest BCUT2D eigenvalue weighted by Crippen LogP contribution is 2.68. The van der Waals surface area contributed by atoms with Gasteiger partial charge in [-0.3, -0.25) is 4.79 Å². The van der Waals surface area contributed by atoms with Gasteiger partial charge in [0, 0.05) is 17.9 Å². The number of nitrogens with one attached hydrogen (secondary N) is 1. The minimum atomic E-state index is 0.295. The topological polar surface area (TPSA) is 29.1 Å². The maximum Gasteiger partial charge on any atom is 0.220 e. The summed E-state index contributed by atoms with van der Waals surface area (Å²) in [4.78, 5) is 11.5. The number of hydrogen-bond acceptors (Lipinski definition) is 1. The first-order valence-corrected chi connectivity index (χ1v) is 5.98. The van der Waals surface area contributed by atoms with E-state index in [2.05, 4.69) is 12.2 Å². The summed E-state index contributed by atoms with van der Waals surface area (Å²) in [5.74, 6) is 0.295. The first-order valence-electron chi connectivity index (χ1n) is 5.98. The Morgan fingerprint density at radius 3 is 2.36 bits per heavy atom. The van der Waals surface area contributed by atoms with Crippen LogP contribution in [-0.2, 0) is 4.79 Å². The number of amides is 1. The minimum absolute atomic E-state index is 0.295. The number of carbonyl (C=O) groups is 1. The van der Waals surface area contributed by atoms with Crippen LogP contribution in [0.4, 0.5) is 0 Å². The van der Waals surface area contributed by atoms with Gasteiger partial charge in [-0.1, -0.05) is 12.8 Å². The van der Waals surface area contributed by atoms with E-state index in [1.807, 2.05) is 0 Å². The van der Waals surface area contributed by atoms with Gasteiger partial charge in [0.15, 0.2) is 0 Å². The fourth-order valence-corrected chi connectivity index (χ4v) is 4.42. The monoisotopic (exact) mass is 193 g/mol. The van der Waals surface area contributed by atoms with Gasteiger partial charge in [0.1, 0.15) is 0 Å². The van der Waals surface area contributed by atoms with Crippen molar-refractivity contribution in [3.8, 4) is 0 Å². The Morgan fingerprint density at radius 2 is 1.93 bits per heavy atom. The lowest BCUT2D eigenvalue weighted by atomic mass is 9.46. The smallest absolute Gasteiger partial charge is 0.220 e. The second kappa shape index (κ2) is 2.53. The molecular weight excluding hydrogens is 174 g/mol. The Morgan fingerprint density at radius 1 is 1.21 bits per heavy atom. The SMILES string of the molecule is CC1NC(=O)CC12CCC21CCCC1. The zero-order valence-electron chi connectivity index (χ0n) is 8.94. The lowest BCUT2D eigenvalue weighted by molar-refractivity contribution is -0.123. The standard InChI is InChI=1S/C12H19NO/c1-9-12(8-10(14)13-9)7-6-11(12)4-2-3-5-11/h9H,2-8H2,1H3,(H,13,14). The summed E-state index contributed by atoms with van der Waals surface area (Å²) < 4.78 is 0. The highest BCUT2D eigenvalue weighted by Gasteiger charge is 2.64. The van der Waals surface area contributed by atoms with Crippen LogP contribution in [0.15, 0.2) is 0 Å². The van der Waals surface area contributed by atoms with Crippen molar-refractivity contribution in [1.29, 1.82) is 0 Å². The average molecular weight is 193 g/mol. The summed E-state index contributed by atoms with van der Waals surface area (Å²) in [6.07, 6.45) is 9.03. The van der Waals surface area contributed by atoms with Crippen molar-refractivity contribution in [3.05, 3.63) is 0 Å². The number of carbonyl (C=O) groups excluding carboxylic acids is 1. The number of hydrogen-bond donors (Lipinski definition) is 1. The summed E-state index contributed by atoms with van der Waals surface area (Å²) in [5.41, 5.74) is 0.923. The van der Waals surface area contributed by atoms with Gasteiger partial charge in [-0.25, -0.2) is 0 Å². The van der Waals surface area contributed by atoms with Gasteiger partial charge in [-0.2, -0.15) is 0 Å². The largest absolute Gasteiger partial charge is 0.353 e. The molecule has 0 radical (unpaired) electrons. The molecule has 0 aromatic heterocycles. The van der Waals surface area contributed by atoms with Crippen LogP contribution in [0.5, 0.6) is 0 Å². The van der Waals surface area contributed by atoms with E-state index < -0.39 is 0 Å². The first-order chi connectivity index (χ1) is 6.69. The Kier molecular flexibility index (Phi) is 1.58. The van der Waals surface area contributed by atoms with Crippen LogP contribution in [0, 0.1) is 10.8 Å². The molecule has 2 nitrogen and oxygen atoms in total. The molecule has 1 N–H and O–H groups in total. The average Bonchev–Trinajstić information content (AvgIpc) is 2.70. The molecule has 1 aliphatic heterocycles. The molecule has 2 heteroatoms. The molecular formula is C12H19NO. The number of rotatable bonds is 0.